The smallest absolute Gasteiger partial charge is 0.227 e. The lowest BCUT2D eigenvalue weighted by Gasteiger charge is -1.99. The number of hydrogen-bond donors (Lipinski definition) is 1. The van der Waals surface area contributed by atoms with Crippen molar-refractivity contribution in [1.82, 2.24) is 15.5 Å². The zero-order valence-electron chi connectivity index (χ0n) is 7.64. The van der Waals surface area contributed by atoms with Crippen molar-refractivity contribution in [3.63, 3.8) is 0 Å². The first-order chi connectivity index (χ1) is 6.95. The summed E-state index contributed by atoms with van der Waals surface area (Å²) in [6.45, 7) is 1.77. The van der Waals surface area contributed by atoms with Crippen LogP contribution in [0.3, 0.4) is 0 Å². The summed E-state index contributed by atoms with van der Waals surface area (Å²) in [6.07, 6.45) is 2.21. The van der Waals surface area contributed by atoms with Gasteiger partial charge in [-0.3, -0.25) is 0 Å². The van der Waals surface area contributed by atoms with Gasteiger partial charge in [0.25, 0.3) is 0 Å². The minimum Gasteiger partial charge on any atom is -0.340 e. The van der Waals surface area contributed by atoms with Crippen LogP contribution < -0.4 is 5.32 Å². The average molecular weight is 209 g/mol. The van der Waals surface area contributed by atoms with Gasteiger partial charge in [-0.05, 0) is 11.4 Å². The Bertz CT molecular complexity index is 308. The molecule has 0 atom stereocenters. The van der Waals surface area contributed by atoms with Gasteiger partial charge in [0.05, 0.1) is 0 Å². The molecular weight excluding hydrogens is 198 g/mol. The largest absolute Gasteiger partial charge is 0.340 e. The van der Waals surface area contributed by atoms with E-state index in [2.05, 4.69) is 33.0 Å². The molecule has 0 aliphatic rings. The van der Waals surface area contributed by atoms with Crippen molar-refractivity contribution in [2.24, 2.45) is 0 Å². The molecule has 0 spiro atoms. The highest BCUT2D eigenvalue weighted by Gasteiger charge is 1.98. The Labute approximate surface area is 86.0 Å². The lowest BCUT2D eigenvalue weighted by atomic mass is 10.4. The highest BCUT2D eigenvalue weighted by atomic mass is 32.1. The molecule has 2 aromatic heterocycles. The summed E-state index contributed by atoms with van der Waals surface area (Å²) in [5, 5.41) is 8.93. The van der Waals surface area contributed by atoms with Gasteiger partial charge in [-0.1, -0.05) is 11.2 Å². The number of rotatable bonds is 5. The molecule has 0 radical (unpaired) electrons. The van der Waals surface area contributed by atoms with Crippen molar-refractivity contribution in [1.29, 1.82) is 0 Å². The van der Waals surface area contributed by atoms with E-state index in [-0.39, 0.29) is 0 Å². The van der Waals surface area contributed by atoms with E-state index >= 15 is 0 Å². The van der Waals surface area contributed by atoms with Crippen molar-refractivity contribution in [3.8, 4) is 0 Å². The topological polar surface area (TPSA) is 51.0 Å². The predicted molar refractivity (Wildman–Crippen MR) is 54.0 cm³/mol. The lowest BCUT2D eigenvalue weighted by molar-refractivity contribution is 0.375. The van der Waals surface area contributed by atoms with Crippen molar-refractivity contribution in [3.05, 3.63) is 34.6 Å². The fourth-order valence-electron chi connectivity index (χ4n) is 1.13. The molecule has 2 rings (SSSR count). The van der Waals surface area contributed by atoms with Crippen LogP contribution >= 0.6 is 11.3 Å². The Morgan fingerprint density at radius 2 is 2.50 bits per heavy atom. The maximum absolute atomic E-state index is 4.87. The van der Waals surface area contributed by atoms with Crippen molar-refractivity contribution < 1.29 is 4.52 Å². The quantitative estimate of drug-likeness (QED) is 0.757. The van der Waals surface area contributed by atoms with Gasteiger partial charge in [-0.15, -0.1) is 11.3 Å². The third-order valence-corrected chi connectivity index (χ3v) is 2.68. The number of thiophene rings is 1. The molecule has 0 amide bonds. The summed E-state index contributed by atoms with van der Waals surface area (Å²) in [5.41, 5.74) is 0. The highest BCUT2D eigenvalue weighted by molar-refractivity contribution is 7.09. The Morgan fingerprint density at radius 3 is 3.21 bits per heavy atom. The first-order valence-corrected chi connectivity index (χ1v) is 5.32. The molecule has 0 aliphatic carbocycles. The summed E-state index contributed by atoms with van der Waals surface area (Å²) < 4.78 is 4.87. The summed E-state index contributed by atoms with van der Waals surface area (Å²) >= 11 is 1.76. The van der Waals surface area contributed by atoms with E-state index in [0.29, 0.717) is 5.89 Å². The zero-order chi connectivity index (χ0) is 9.64. The van der Waals surface area contributed by atoms with Crippen LogP contribution in [-0.4, -0.2) is 16.7 Å². The first kappa shape index (κ1) is 9.36. The van der Waals surface area contributed by atoms with Gasteiger partial charge >= 0.3 is 0 Å². The third-order valence-electron chi connectivity index (χ3n) is 1.80. The lowest BCUT2D eigenvalue weighted by Crippen LogP contribution is -2.15. The van der Waals surface area contributed by atoms with Gasteiger partial charge in [0, 0.05) is 24.4 Å². The summed E-state index contributed by atoms with van der Waals surface area (Å²) in [7, 11) is 0. The van der Waals surface area contributed by atoms with Crippen LogP contribution in [0.5, 0.6) is 0 Å². The monoisotopic (exact) mass is 209 g/mol. The molecule has 2 aromatic rings. The second-order valence-corrected chi connectivity index (χ2v) is 3.87. The minimum atomic E-state index is 0.684. The van der Waals surface area contributed by atoms with E-state index < -0.39 is 0 Å². The molecule has 0 bridgehead atoms. The summed E-state index contributed by atoms with van der Waals surface area (Å²) in [6, 6.07) is 4.17. The maximum Gasteiger partial charge on any atom is 0.227 e. The highest BCUT2D eigenvalue weighted by Crippen LogP contribution is 2.07. The molecule has 1 N–H and O–H groups in total. The first-order valence-electron chi connectivity index (χ1n) is 4.44. The zero-order valence-corrected chi connectivity index (χ0v) is 8.46. The van der Waals surface area contributed by atoms with E-state index in [9.17, 15) is 0 Å². The normalized spacial score (nSPS) is 10.6. The molecule has 4 nitrogen and oxygen atoms in total. The summed E-state index contributed by atoms with van der Waals surface area (Å²) in [4.78, 5) is 5.28. The molecule has 2 heterocycles. The van der Waals surface area contributed by atoms with Crippen LogP contribution in [0.15, 0.2) is 28.4 Å². The Kier molecular flexibility index (Phi) is 3.26. The van der Waals surface area contributed by atoms with E-state index in [1.165, 1.54) is 11.2 Å². The SMILES string of the molecule is c1csc(CNCCc2ncno2)c1. The van der Waals surface area contributed by atoms with Gasteiger partial charge < -0.3 is 9.84 Å². The molecule has 0 saturated carbocycles. The van der Waals surface area contributed by atoms with E-state index in [1.54, 1.807) is 11.3 Å². The maximum atomic E-state index is 4.87. The molecule has 0 aromatic carbocycles. The molecule has 0 unspecified atom stereocenters. The Hall–Kier alpha value is -1.20. The Balaban J connectivity index is 1.65. The van der Waals surface area contributed by atoms with Gasteiger partial charge in [-0.25, -0.2) is 0 Å². The minimum absolute atomic E-state index is 0.684. The number of nitrogens with one attached hydrogen (secondary N) is 1. The predicted octanol–water partition coefficient (Wildman–Crippen LogP) is 1.46. The van der Waals surface area contributed by atoms with Gasteiger partial charge in [0.15, 0.2) is 6.33 Å². The fraction of sp³-hybridized carbons (Fsp3) is 0.333. The molecular formula is C9H11N3OS. The molecule has 0 aliphatic heterocycles. The molecule has 0 fully saturated rings. The third kappa shape index (κ3) is 2.65. The van der Waals surface area contributed by atoms with Crippen LogP contribution in [0, 0.1) is 0 Å². The summed E-state index contributed by atoms with van der Waals surface area (Å²) in [5.74, 6) is 0.684. The number of hydrogen-bond acceptors (Lipinski definition) is 5. The standard InChI is InChI=1S/C9H11N3OS/c1-2-8(14-5-1)6-10-4-3-9-11-7-12-13-9/h1-2,5,7,10H,3-4,6H2. The van der Waals surface area contributed by atoms with Gasteiger partial charge in [0.1, 0.15) is 0 Å². The van der Waals surface area contributed by atoms with Crippen LogP contribution in [0.1, 0.15) is 10.8 Å². The van der Waals surface area contributed by atoms with E-state index in [1.807, 2.05) is 0 Å². The van der Waals surface area contributed by atoms with Crippen molar-refractivity contribution in [2.45, 2.75) is 13.0 Å². The van der Waals surface area contributed by atoms with Crippen molar-refractivity contribution >= 4 is 11.3 Å². The molecule has 74 valence electrons. The second kappa shape index (κ2) is 4.88. The van der Waals surface area contributed by atoms with E-state index in [4.69, 9.17) is 4.52 Å². The second-order valence-electron chi connectivity index (χ2n) is 2.84. The number of aromatic nitrogens is 2. The van der Waals surface area contributed by atoms with E-state index in [0.717, 1.165) is 19.5 Å². The fourth-order valence-corrected chi connectivity index (χ4v) is 1.80. The van der Waals surface area contributed by atoms with Crippen LogP contribution in [0.25, 0.3) is 0 Å². The Morgan fingerprint density at radius 1 is 1.50 bits per heavy atom. The van der Waals surface area contributed by atoms with Crippen LogP contribution in [0.4, 0.5) is 0 Å². The van der Waals surface area contributed by atoms with Gasteiger partial charge in [-0.2, -0.15) is 4.98 Å². The van der Waals surface area contributed by atoms with Crippen LogP contribution in [0.2, 0.25) is 0 Å². The molecule has 5 heteroatoms. The number of nitrogens with zero attached hydrogens (tertiary/aromatic N) is 2. The molecule has 0 saturated heterocycles. The molecule has 14 heavy (non-hydrogen) atoms. The average Bonchev–Trinajstić information content (AvgIpc) is 2.86. The van der Waals surface area contributed by atoms with Gasteiger partial charge in [0.2, 0.25) is 5.89 Å². The van der Waals surface area contributed by atoms with Crippen LogP contribution in [-0.2, 0) is 13.0 Å². The van der Waals surface area contributed by atoms with Crippen molar-refractivity contribution in [2.75, 3.05) is 6.54 Å².